The van der Waals surface area contributed by atoms with Crippen molar-refractivity contribution in [2.24, 2.45) is 10.8 Å². The zero-order valence-electron chi connectivity index (χ0n) is 8.63. The third-order valence-corrected chi connectivity index (χ3v) is 1.79. The summed E-state index contributed by atoms with van der Waals surface area (Å²) in [4.78, 5) is 4.15. The zero-order valence-corrected chi connectivity index (χ0v) is 8.63. The van der Waals surface area contributed by atoms with Crippen molar-refractivity contribution in [1.29, 1.82) is 0 Å². The van der Waals surface area contributed by atoms with Crippen molar-refractivity contribution in [3.8, 4) is 0 Å². The Balaban J connectivity index is 2.61. The molecular weight excluding hydrogens is 195 g/mol. The van der Waals surface area contributed by atoms with Crippen LogP contribution < -0.4 is 16.6 Å². The van der Waals surface area contributed by atoms with Crippen molar-refractivity contribution in [3.05, 3.63) is 35.6 Å². The van der Waals surface area contributed by atoms with Crippen LogP contribution in [0.1, 0.15) is 12.5 Å². The Morgan fingerprint density at radius 2 is 2.33 bits per heavy atom. The molecule has 1 aromatic carbocycles. The smallest absolute Gasteiger partial charge is 0.206 e. The number of aliphatic imine (C=N–C) groups is 1. The summed E-state index contributed by atoms with van der Waals surface area (Å²) in [5.41, 5.74) is 3.24. The summed E-state index contributed by atoms with van der Waals surface area (Å²) >= 11 is 0. The third kappa shape index (κ3) is 3.95. The predicted molar refractivity (Wildman–Crippen MR) is 58.5 cm³/mol. The van der Waals surface area contributed by atoms with Gasteiger partial charge in [0.2, 0.25) is 5.96 Å². The molecule has 0 aromatic heterocycles. The topological polar surface area (TPSA) is 62.4 Å². The maximum atomic E-state index is 12.8. The highest BCUT2D eigenvalue weighted by Crippen LogP contribution is 2.04. The molecule has 0 fully saturated rings. The molecule has 5 heteroatoms. The molecule has 0 aliphatic rings. The summed E-state index contributed by atoms with van der Waals surface area (Å²) in [6, 6.07) is 6.32. The van der Waals surface area contributed by atoms with Crippen LogP contribution in [-0.4, -0.2) is 12.5 Å². The molecule has 0 aliphatic heterocycles. The van der Waals surface area contributed by atoms with E-state index in [1.807, 2.05) is 13.0 Å². The van der Waals surface area contributed by atoms with E-state index in [9.17, 15) is 4.39 Å². The number of hydrazine groups is 1. The van der Waals surface area contributed by atoms with Gasteiger partial charge >= 0.3 is 0 Å². The van der Waals surface area contributed by atoms with E-state index in [-0.39, 0.29) is 5.82 Å². The lowest BCUT2D eigenvalue weighted by atomic mass is 10.2. The first-order chi connectivity index (χ1) is 7.26. The second-order valence-electron chi connectivity index (χ2n) is 2.97. The average molecular weight is 210 g/mol. The summed E-state index contributed by atoms with van der Waals surface area (Å²) in [5.74, 6) is 5.48. The van der Waals surface area contributed by atoms with E-state index < -0.39 is 0 Å². The van der Waals surface area contributed by atoms with Gasteiger partial charge in [-0.2, -0.15) is 0 Å². The molecule has 0 saturated carbocycles. The van der Waals surface area contributed by atoms with Crippen molar-refractivity contribution in [3.63, 3.8) is 0 Å². The molecule has 0 unspecified atom stereocenters. The van der Waals surface area contributed by atoms with Gasteiger partial charge in [0.05, 0.1) is 6.54 Å². The molecule has 4 nitrogen and oxygen atoms in total. The maximum absolute atomic E-state index is 12.8. The number of rotatable bonds is 3. The van der Waals surface area contributed by atoms with Crippen LogP contribution in [0.4, 0.5) is 4.39 Å². The fourth-order valence-corrected chi connectivity index (χ4v) is 1.13. The third-order valence-electron chi connectivity index (χ3n) is 1.79. The second-order valence-corrected chi connectivity index (χ2v) is 2.97. The summed E-state index contributed by atoms with van der Waals surface area (Å²) in [6.45, 7) is 3.06. The fourth-order valence-electron chi connectivity index (χ4n) is 1.13. The van der Waals surface area contributed by atoms with Crippen molar-refractivity contribution < 1.29 is 4.39 Å². The van der Waals surface area contributed by atoms with Gasteiger partial charge in [0.15, 0.2) is 0 Å². The van der Waals surface area contributed by atoms with Gasteiger partial charge in [0.1, 0.15) is 5.82 Å². The summed E-state index contributed by atoms with van der Waals surface area (Å²) in [5, 5.41) is 2.94. The van der Waals surface area contributed by atoms with Gasteiger partial charge in [-0.15, -0.1) is 0 Å². The molecule has 0 radical (unpaired) electrons. The molecule has 0 spiro atoms. The molecule has 4 N–H and O–H groups in total. The largest absolute Gasteiger partial charge is 0.356 e. The van der Waals surface area contributed by atoms with E-state index in [0.29, 0.717) is 12.5 Å². The van der Waals surface area contributed by atoms with Crippen LogP contribution >= 0.6 is 0 Å². The van der Waals surface area contributed by atoms with Crippen LogP contribution in [0.2, 0.25) is 0 Å². The minimum absolute atomic E-state index is 0.256. The number of nitrogens with zero attached hydrogens (tertiary/aromatic N) is 1. The summed E-state index contributed by atoms with van der Waals surface area (Å²) in [7, 11) is 0. The van der Waals surface area contributed by atoms with Gasteiger partial charge in [-0.1, -0.05) is 12.1 Å². The quantitative estimate of drug-likeness (QED) is 0.298. The molecule has 0 heterocycles. The minimum Gasteiger partial charge on any atom is -0.356 e. The number of guanidine groups is 1. The van der Waals surface area contributed by atoms with Gasteiger partial charge in [-0.3, -0.25) is 5.43 Å². The van der Waals surface area contributed by atoms with Crippen molar-refractivity contribution in [2.45, 2.75) is 13.5 Å². The first-order valence-electron chi connectivity index (χ1n) is 4.75. The Morgan fingerprint density at radius 3 is 2.93 bits per heavy atom. The summed E-state index contributed by atoms with van der Waals surface area (Å²) < 4.78 is 12.8. The van der Waals surface area contributed by atoms with Gasteiger partial charge in [0, 0.05) is 6.54 Å². The molecule has 0 atom stereocenters. The minimum atomic E-state index is -0.256. The number of halogens is 1. The first kappa shape index (κ1) is 11.5. The lowest BCUT2D eigenvalue weighted by molar-refractivity contribution is 0.625. The number of benzene rings is 1. The van der Waals surface area contributed by atoms with Crippen molar-refractivity contribution in [2.75, 3.05) is 6.54 Å². The molecule has 0 bridgehead atoms. The molecular formula is C10H15FN4. The fraction of sp³-hybridized carbons (Fsp3) is 0.300. The van der Waals surface area contributed by atoms with Gasteiger partial charge < -0.3 is 5.32 Å². The highest BCUT2D eigenvalue weighted by Gasteiger charge is 1.95. The Bertz CT molecular complexity index is 338. The van der Waals surface area contributed by atoms with E-state index in [2.05, 4.69) is 15.7 Å². The number of hydrogen-bond acceptors (Lipinski definition) is 2. The molecule has 82 valence electrons. The van der Waals surface area contributed by atoms with Crippen LogP contribution in [0.3, 0.4) is 0 Å². The highest BCUT2D eigenvalue weighted by molar-refractivity contribution is 5.79. The van der Waals surface area contributed by atoms with Gasteiger partial charge in [-0.25, -0.2) is 15.2 Å². The Kier molecular flexibility index (Phi) is 4.56. The SMILES string of the molecule is CCNC(=NCc1cccc(F)c1)NN. The molecule has 15 heavy (non-hydrogen) atoms. The Morgan fingerprint density at radius 1 is 1.53 bits per heavy atom. The predicted octanol–water partition coefficient (Wildman–Crippen LogP) is 0.755. The first-order valence-corrected chi connectivity index (χ1v) is 4.75. The number of hydrogen-bond donors (Lipinski definition) is 3. The second kappa shape index (κ2) is 5.98. The van der Waals surface area contributed by atoms with Crippen LogP contribution in [0.25, 0.3) is 0 Å². The normalized spacial score (nSPS) is 11.3. The number of nitrogens with one attached hydrogen (secondary N) is 2. The van der Waals surface area contributed by atoms with Gasteiger partial charge in [-0.05, 0) is 24.6 Å². The van der Waals surface area contributed by atoms with E-state index in [0.717, 1.165) is 12.1 Å². The van der Waals surface area contributed by atoms with E-state index in [1.54, 1.807) is 6.07 Å². The van der Waals surface area contributed by atoms with Crippen LogP contribution in [0.5, 0.6) is 0 Å². The standard InChI is InChI=1S/C10H15FN4/c1-2-13-10(15-12)14-7-8-4-3-5-9(11)6-8/h3-6H,2,7,12H2,1H3,(H2,13,14,15). The lowest BCUT2D eigenvalue weighted by Crippen LogP contribution is -2.41. The molecule has 1 aromatic rings. The monoisotopic (exact) mass is 210 g/mol. The van der Waals surface area contributed by atoms with Crippen LogP contribution in [0, 0.1) is 5.82 Å². The molecule has 0 amide bonds. The Labute approximate surface area is 88.4 Å². The zero-order chi connectivity index (χ0) is 11.1. The van der Waals surface area contributed by atoms with E-state index in [1.165, 1.54) is 12.1 Å². The van der Waals surface area contributed by atoms with Crippen LogP contribution in [0.15, 0.2) is 29.3 Å². The maximum Gasteiger partial charge on any atom is 0.206 e. The Hall–Kier alpha value is -1.62. The summed E-state index contributed by atoms with van der Waals surface area (Å²) in [6.07, 6.45) is 0. The highest BCUT2D eigenvalue weighted by atomic mass is 19.1. The number of nitrogens with two attached hydrogens (primary N) is 1. The molecule has 1 rings (SSSR count). The molecule has 0 aliphatic carbocycles. The molecule has 0 saturated heterocycles. The van der Waals surface area contributed by atoms with Crippen molar-refractivity contribution >= 4 is 5.96 Å². The van der Waals surface area contributed by atoms with Crippen LogP contribution in [-0.2, 0) is 6.54 Å². The van der Waals surface area contributed by atoms with Crippen molar-refractivity contribution in [1.82, 2.24) is 10.7 Å². The van der Waals surface area contributed by atoms with E-state index >= 15 is 0 Å². The van der Waals surface area contributed by atoms with E-state index in [4.69, 9.17) is 5.84 Å². The lowest BCUT2D eigenvalue weighted by Gasteiger charge is -2.06. The van der Waals surface area contributed by atoms with Gasteiger partial charge in [0.25, 0.3) is 0 Å². The average Bonchev–Trinajstić information content (AvgIpc) is 2.24.